The Morgan fingerprint density at radius 3 is 2.67 bits per heavy atom. The third kappa shape index (κ3) is 3.88. The molecule has 0 aliphatic carbocycles. The van der Waals surface area contributed by atoms with Crippen LogP contribution in [0.3, 0.4) is 0 Å². The average Bonchev–Trinajstić information content (AvgIpc) is 3.10. The first-order valence-electron chi connectivity index (χ1n) is 7.34. The molecule has 0 aliphatic rings. The molecule has 3 rings (SSSR count). The molecular weight excluding hydrogens is 328 g/mol. The van der Waals surface area contributed by atoms with Crippen molar-refractivity contribution < 1.29 is 4.79 Å². The fourth-order valence-corrected chi connectivity index (χ4v) is 2.27. The van der Waals surface area contributed by atoms with Crippen LogP contribution in [-0.2, 0) is 0 Å². The number of para-hydroxylation sites is 1. The highest BCUT2D eigenvalue weighted by atomic mass is 35.5. The zero-order chi connectivity index (χ0) is 16.8. The van der Waals surface area contributed by atoms with E-state index in [4.69, 9.17) is 11.6 Å². The molecule has 0 saturated carbocycles. The van der Waals surface area contributed by atoms with Crippen LogP contribution in [0.25, 0.3) is 5.69 Å². The Hall–Kier alpha value is -2.93. The molecular formula is C16H15ClN6O. The number of benzene rings is 1. The first-order valence-corrected chi connectivity index (χ1v) is 7.71. The van der Waals surface area contributed by atoms with E-state index < -0.39 is 0 Å². The minimum absolute atomic E-state index is 0.253. The molecule has 8 heteroatoms. The Bertz CT molecular complexity index is 820. The Labute approximate surface area is 143 Å². The van der Waals surface area contributed by atoms with Gasteiger partial charge in [0.05, 0.1) is 10.7 Å². The fraction of sp³-hybridized carbons (Fsp3) is 0.125. The molecule has 3 aromatic rings. The van der Waals surface area contributed by atoms with Gasteiger partial charge in [0.2, 0.25) is 5.95 Å². The number of nitrogens with zero attached hydrogens (tertiary/aromatic N) is 4. The molecule has 0 aliphatic heterocycles. The minimum Gasteiger partial charge on any atom is -0.352 e. The van der Waals surface area contributed by atoms with Crippen molar-refractivity contribution in [3.05, 3.63) is 65.7 Å². The summed E-state index contributed by atoms with van der Waals surface area (Å²) < 4.78 is 1.58. The Morgan fingerprint density at radius 1 is 1.08 bits per heavy atom. The molecule has 0 atom stereocenters. The molecule has 7 nitrogen and oxygen atoms in total. The number of halogens is 1. The van der Waals surface area contributed by atoms with Gasteiger partial charge in [0.15, 0.2) is 5.69 Å². The van der Waals surface area contributed by atoms with Crippen LogP contribution >= 0.6 is 11.6 Å². The number of amides is 1. The topological polar surface area (TPSA) is 84.7 Å². The van der Waals surface area contributed by atoms with E-state index in [9.17, 15) is 4.79 Å². The van der Waals surface area contributed by atoms with Crippen molar-refractivity contribution in [2.75, 3.05) is 18.4 Å². The van der Waals surface area contributed by atoms with E-state index in [1.165, 1.54) is 0 Å². The van der Waals surface area contributed by atoms with Gasteiger partial charge in [-0.2, -0.15) is 5.10 Å². The molecule has 2 heterocycles. The summed E-state index contributed by atoms with van der Waals surface area (Å²) >= 11 is 6.13. The summed E-state index contributed by atoms with van der Waals surface area (Å²) in [5.41, 5.74) is 1.05. The van der Waals surface area contributed by atoms with Gasteiger partial charge in [-0.3, -0.25) is 4.79 Å². The smallest absolute Gasteiger partial charge is 0.271 e. The SMILES string of the molecule is O=C(NCCNc1ncccn1)c1ccn(-c2ccccc2Cl)n1. The molecule has 122 valence electrons. The monoisotopic (exact) mass is 342 g/mol. The minimum atomic E-state index is -0.253. The molecule has 0 bridgehead atoms. The quantitative estimate of drug-likeness (QED) is 0.670. The summed E-state index contributed by atoms with van der Waals surface area (Å²) in [5, 5.41) is 10.6. The molecule has 2 aromatic heterocycles. The molecule has 0 fully saturated rings. The van der Waals surface area contributed by atoms with Crippen molar-refractivity contribution in [2.24, 2.45) is 0 Å². The molecule has 24 heavy (non-hydrogen) atoms. The number of hydrogen-bond acceptors (Lipinski definition) is 5. The van der Waals surface area contributed by atoms with Crippen LogP contribution in [0, 0.1) is 0 Å². The lowest BCUT2D eigenvalue weighted by Gasteiger charge is -2.05. The first kappa shape index (κ1) is 15.9. The van der Waals surface area contributed by atoms with Crippen LogP contribution in [-0.4, -0.2) is 38.7 Å². The molecule has 0 saturated heterocycles. The van der Waals surface area contributed by atoms with Crippen LogP contribution in [0.4, 0.5) is 5.95 Å². The number of anilines is 1. The Balaban J connectivity index is 1.54. The second-order valence-corrected chi connectivity index (χ2v) is 5.26. The van der Waals surface area contributed by atoms with Crippen molar-refractivity contribution in [2.45, 2.75) is 0 Å². The highest BCUT2D eigenvalue weighted by molar-refractivity contribution is 6.32. The lowest BCUT2D eigenvalue weighted by molar-refractivity contribution is 0.0950. The first-order chi connectivity index (χ1) is 11.7. The largest absolute Gasteiger partial charge is 0.352 e. The van der Waals surface area contributed by atoms with Gasteiger partial charge in [-0.05, 0) is 24.3 Å². The predicted molar refractivity (Wildman–Crippen MR) is 91.4 cm³/mol. The van der Waals surface area contributed by atoms with Crippen molar-refractivity contribution in [3.8, 4) is 5.69 Å². The van der Waals surface area contributed by atoms with Gasteiger partial charge in [-0.25, -0.2) is 14.6 Å². The summed E-state index contributed by atoms with van der Waals surface area (Å²) in [6.45, 7) is 0.941. The van der Waals surface area contributed by atoms with Gasteiger partial charge >= 0.3 is 0 Å². The van der Waals surface area contributed by atoms with Crippen LogP contribution in [0.5, 0.6) is 0 Å². The summed E-state index contributed by atoms with van der Waals surface area (Å²) in [7, 11) is 0. The van der Waals surface area contributed by atoms with Gasteiger partial charge in [-0.15, -0.1) is 0 Å². The number of carbonyl (C=O) groups is 1. The van der Waals surface area contributed by atoms with E-state index in [0.29, 0.717) is 29.8 Å². The van der Waals surface area contributed by atoms with E-state index in [1.54, 1.807) is 41.5 Å². The third-order valence-electron chi connectivity index (χ3n) is 3.18. The normalized spacial score (nSPS) is 10.4. The Morgan fingerprint density at radius 2 is 1.88 bits per heavy atom. The summed E-state index contributed by atoms with van der Waals surface area (Å²) in [6.07, 6.45) is 5.00. The van der Waals surface area contributed by atoms with Gasteiger partial charge in [0.1, 0.15) is 0 Å². The van der Waals surface area contributed by atoms with Gasteiger partial charge in [0.25, 0.3) is 5.91 Å². The standard InChI is InChI=1S/C16H15ClN6O/c17-12-4-1-2-5-14(12)23-11-6-13(22-23)15(24)18-9-10-21-16-19-7-3-8-20-16/h1-8,11H,9-10H2,(H,18,24)(H,19,20,21). The van der Waals surface area contributed by atoms with Crippen molar-refractivity contribution >= 4 is 23.5 Å². The molecule has 0 radical (unpaired) electrons. The number of aromatic nitrogens is 4. The number of carbonyl (C=O) groups excluding carboxylic acids is 1. The highest BCUT2D eigenvalue weighted by Crippen LogP contribution is 2.18. The highest BCUT2D eigenvalue weighted by Gasteiger charge is 2.10. The second kappa shape index (κ2) is 7.56. The van der Waals surface area contributed by atoms with Crippen LogP contribution in [0.1, 0.15) is 10.5 Å². The average molecular weight is 343 g/mol. The molecule has 1 amide bonds. The van der Waals surface area contributed by atoms with Gasteiger partial charge in [-0.1, -0.05) is 23.7 Å². The van der Waals surface area contributed by atoms with Crippen LogP contribution < -0.4 is 10.6 Å². The number of rotatable bonds is 6. The zero-order valence-electron chi connectivity index (χ0n) is 12.7. The van der Waals surface area contributed by atoms with Crippen molar-refractivity contribution in [3.63, 3.8) is 0 Å². The summed E-state index contributed by atoms with van der Waals surface area (Å²) in [4.78, 5) is 20.2. The zero-order valence-corrected chi connectivity index (χ0v) is 13.4. The van der Waals surface area contributed by atoms with Crippen LogP contribution in [0.15, 0.2) is 55.0 Å². The van der Waals surface area contributed by atoms with E-state index in [1.807, 2.05) is 18.2 Å². The lowest BCUT2D eigenvalue weighted by Crippen LogP contribution is -2.29. The molecule has 0 unspecified atom stereocenters. The summed E-state index contributed by atoms with van der Waals surface area (Å²) in [6, 6.07) is 10.7. The predicted octanol–water partition coefficient (Wildman–Crippen LogP) is 2.16. The number of nitrogens with one attached hydrogen (secondary N) is 2. The Kier molecular flexibility index (Phi) is 5.02. The van der Waals surface area contributed by atoms with Crippen molar-refractivity contribution in [1.29, 1.82) is 0 Å². The van der Waals surface area contributed by atoms with Gasteiger partial charge < -0.3 is 10.6 Å². The van der Waals surface area contributed by atoms with Crippen molar-refractivity contribution in [1.82, 2.24) is 25.1 Å². The number of hydrogen-bond donors (Lipinski definition) is 2. The maximum absolute atomic E-state index is 12.1. The second-order valence-electron chi connectivity index (χ2n) is 4.85. The third-order valence-corrected chi connectivity index (χ3v) is 3.50. The van der Waals surface area contributed by atoms with E-state index in [-0.39, 0.29) is 5.91 Å². The van der Waals surface area contributed by atoms with Gasteiger partial charge in [0, 0.05) is 31.7 Å². The van der Waals surface area contributed by atoms with E-state index in [0.717, 1.165) is 5.69 Å². The maximum Gasteiger partial charge on any atom is 0.271 e. The maximum atomic E-state index is 12.1. The summed E-state index contributed by atoms with van der Waals surface area (Å²) in [5.74, 6) is 0.270. The lowest BCUT2D eigenvalue weighted by atomic mass is 10.3. The molecule has 0 spiro atoms. The van der Waals surface area contributed by atoms with Crippen LogP contribution in [0.2, 0.25) is 5.02 Å². The van der Waals surface area contributed by atoms with E-state index in [2.05, 4.69) is 25.7 Å². The fourth-order valence-electron chi connectivity index (χ4n) is 2.05. The molecule has 1 aromatic carbocycles. The molecule has 2 N–H and O–H groups in total. The van der Waals surface area contributed by atoms with E-state index >= 15 is 0 Å².